The molecule has 0 aromatic heterocycles. The molecule has 1 unspecified atom stereocenters. The summed E-state index contributed by atoms with van der Waals surface area (Å²) in [4.78, 5) is 23.1. The number of ether oxygens (including phenoxy) is 3. The van der Waals surface area contributed by atoms with Crippen LogP contribution in [0.25, 0.3) is 0 Å². The zero-order valence-corrected chi connectivity index (χ0v) is 14.4. The van der Waals surface area contributed by atoms with Gasteiger partial charge in [-0.15, -0.1) is 0 Å². The van der Waals surface area contributed by atoms with Crippen LogP contribution in [0.2, 0.25) is 0 Å². The van der Waals surface area contributed by atoms with Gasteiger partial charge in [-0.1, -0.05) is 6.58 Å². The minimum Gasteiger partial charge on any atom is -0.455 e. The first-order valence-electron chi connectivity index (χ1n) is 6.43. The van der Waals surface area contributed by atoms with Crippen molar-refractivity contribution in [1.29, 1.82) is 0 Å². The summed E-state index contributed by atoms with van der Waals surface area (Å²) in [5, 5.41) is -5.26. The lowest BCUT2D eigenvalue weighted by atomic mass is 10.2. The Kier molecular flexibility index (Phi) is 6.93. The highest BCUT2D eigenvalue weighted by molar-refractivity contribution is 7.86. The summed E-state index contributed by atoms with van der Waals surface area (Å²) in [5.74, 6) is -9.11. The van der Waals surface area contributed by atoms with Gasteiger partial charge < -0.3 is 14.2 Å². The molecule has 14 heteroatoms. The summed E-state index contributed by atoms with van der Waals surface area (Å²) in [6.07, 6.45) is -5.81. The van der Waals surface area contributed by atoms with E-state index in [-0.39, 0.29) is 6.08 Å². The van der Waals surface area contributed by atoms with Crippen LogP contribution in [-0.4, -0.2) is 54.3 Å². The highest BCUT2D eigenvalue weighted by atomic mass is 32.2. The molecule has 0 aromatic rings. The second-order valence-corrected chi connectivity index (χ2v) is 7.19. The van der Waals surface area contributed by atoms with E-state index in [0.29, 0.717) is 0 Å². The van der Waals surface area contributed by atoms with E-state index in [0.717, 1.165) is 20.8 Å². The Morgan fingerprint density at radius 3 is 1.85 bits per heavy atom. The molecule has 0 aliphatic heterocycles. The zero-order valence-electron chi connectivity index (χ0n) is 13.6. The van der Waals surface area contributed by atoms with Crippen LogP contribution in [0.4, 0.5) is 22.0 Å². The van der Waals surface area contributed by atoms with Crippen LogP contribution in [0.3, 0.4) is 0 Å². The van der Waals surface area contributed by atoms with Crippen molar-refractivity contribution in [2.24, 2.45) is 0 Å². The molecule has 0 aliphatic rings. The lowest BCUT2D eigenvalue weighted by Gasteiger charge is -2.34. The molecule has 152 valence electrons. The summed E-state index contributed by atoms with van der Waals surface area (Å²) in [7, 11) is -6.20. The average Bonchev–Trinajstić information content (AvgIpc) is 2.38. The maximum absolute atomic E-state index is 13.4. The normalized spacial score (nSPS) is 15.7. The first kappa shape index (κ1) is 24.2. The van der Waals surface area contributed by atoms with Crippen molar-refractivity contribution in [2.45, 2.75) is 43.6 Å². The Morgan fingerprint density at radius 2 is 1.54 bits per heavy atom. The fraction of sp³-hybridized carbons (Fsp3) is 0.667. The van der Waals surface area contributed by atoms with E-state index in [1.807, 2.05) is 0 Å². The van der Waals surface area contributed by atoms with E-state index in [2.05, 4.69) is 20.8 Å². The maximum Gasteiger partial charge on any atom is 0.468 e. The van der Waals surface area contributed by atoms with E-state index in [1.165, 1.54) is 0 Å². The molecular formula is C12H15F5O8S. The monoisotopic (exact) mass is 414 g/mol. The third-order valence-corrected chi connectivity index (χ3v) is 3.15. The van der Waals surface area contributed by atoms with Crippen molar-refractivity contribution in [3.63, 3.8) is 0 Å². The first-order valence-corrected chi connectivity index (χ1v) is 7.87. The number of esters is 2. The Hall–Kier alpha value is -1.80. The summed E-state index contributed by atoms with van der Waals surface area (Å²) in [6.45, 7) is 3.41. The molecule has 0 saturated carbocycles. The highest BCUT2D eigenvalue weighted by Crippen LogP contribution is 2.39. The largest absolute Gasteiger partial charge is 0.468 e. The average molecular weight is 414 g/mol. The van der Waals surface area contributed by atoms with Crippen LogP contribution in [0.15, 0.2) is 12.7 Å². The Balaban J connectivity index is 6.16. The van der Waals surface area contributed by atoms with Gasteiger partial charge in [0.1, 0.15) is 12.2 Å². The molecule has 0 aromatic carbocycles. The highest BCUT2D eigenvalue weighted by Gasteiger charge is 2.69. The van der Waals surface area contributed by atoms with Gasteiger partial charge in [0.05, 0.1) is 0 Å². The molecule has 1 N–H and O–H groups in total. The van der Waals surface area contributed by atoms with Gasteiger partial charge in [0.25, 0.3) is 0 Å². The smallest absolute Gasteiger partial charge is 0.455 e. The molecular weight excluding hydrogens is 399 g/mol. The Labute approximate surface area is 144 Å². The quantitative estimate of drug-likeness (QED) is 0.220. The van der Waals surface area contributed by atoms with Gasteiger partial charge in [0.15, 0.2) is 0 Å². The Morgan fingerprint density at radius 1 is 1.08 bits per heavy atom. The molecule has 0 aliphatic carbocycles. The molecule has 0 rings (SSSR count). The van der Waals surface area contributed by atoms with Gasteiger partial charge in [-0.2, -0.15) is 30.4 Å². The summed E-state index contributed by atoms with van der Waals surface area (Å²) < 4.78 is 108. The molecule has 26 heavy (non-hydrogen) atoms. The molecule has 0 spiro atoms. The van der Waals surface area contributed by atoms with Gasteiger partial charge >= 0.3 is 39.3 Å². The fourth-order valence-corrected chi connectivity index (χ4v) is 1.38. The molecule has 0 bridgehead atoms. The lowest BCUT2D eigenvalue weighted by molar-refractivity contribution is -0.361. The predicted octanol–water partition coefficient (Wildman–Crippen LogP) is 1.81. The molecule has 0 fully saturated rings. The minimum absolute atomic E-state index is 0.162. The number of carbonyl (C=O) groups is 2. The number of carbonyl (C=O) groups excluding carboxylic acids is 2. The number of rotatable bonds is 7. The summed E-state index contributed by atoms with van der Waals surface area (Å²) in [6, 6.07) is 0. The number of hydrogen-bond acceptors (Lipinski definition) is 7. The number of hydrogen-bond donors (Lipinski definition) is 1. The number of halogens is 5. The topological polar surface area (TPSA) is 116 Å². The van der Waals surface area contributed by atoms with Crippen LogP contribution in [0.5, 0.6) is 0 Å². The van der Waals surface area contributed by atoms with E-state index < -0.39 is 51.5 Å². The van der Waals surface area contributed by atoms with Gasteiger partial charge in [-0.3, -0.25) is 4.55 Å². The summed E-state index contributed by atoms with van der Waals surface area (Å²) >= 11 is 0. The van der Waals surface area contributed by atoms with Crippen molar-refractivity contribution in [3.05, 3.63) is 12.7 Å². The van der Waals surface area contributed by atoms with Crippen molar-refractivity contribution in [2.75, 3.05) is 6.61 Å². The third kappa shape index (κ3) is 5.88. The van der Waals surface area contributed by atoms with E-state index in [9.17, 15) is 40.0 Å². The van der Waals surface area contributed by atoms with Crippen LogP contribution in [0.1, 0.15) is 20.8 Å². The maximum atomic E-state index is 13.4. The van der Waals surface area contributed by atoms with E-state index in [4.69, 9.17) is 4.55 Å². The van der Waals surface area contributed by atoms with Crippen molar-refractivity contribution < 1.29 is 58.7 Å². The molecule has 0 heterocycles. The van der Waals surface area contributed by atoms with Crippen LogP contribution in [0, 0.1) is 0 Å². The number of alkyl halides is 5. The molecule has 0 amide bonds. The SMILES string of the molecule is C=CC(=O)OC(OCC(F)(F)S(=O)(=O)O)(C(=O)OC(C)(C)C)C(F)(F)F. The Bertz CT molecular complexity index is 664. The van der Waals surface area contributed by atoms with Gasteiger partial charge in [0, 0.05) is 6.08 Å². The van der Waals surface area contributed by atoms with Gasteiger partial charge in [0.2, 0.25) is 0 Å². The van der Waals surface area contributed by atoms with E-state index in [1.54, 1.807) is 0 Å². The summed E-state index contributed by atoms with van der Waals surface area (Å²) in [5.41, 5.74) is -1.61. The fourth-order valence-electron chi connectivity index (χ4n) is 1.17. The lowest BCUT2D eigenvalue weighted by Crippen LogP contribution is -2.60. The molecule has 1 atom stereocenters. The minimum atomic E-state index is -6.20. The standard InChI is InChI=1S/C12H15F5O8S/c1-5-7(18)24-11(12(15,16)17,8(19)25-9(2,3)4)23-6-10(13,14)26(20,21)22/h5H,1,6H2,2-4H3,(H,20,21,22). The third-order valence-electron chi connectivity index (χ3n) is 2.27. The molecule has 8 nitrogen and oxygen atoms in total. The molecule has 0 radical (unpaired) electrons. The van der Waals surface area contributed by atoms with Crippen LogP contribution in [-0.2, 0) is 33.9 Å². The van der Waals surface area contributed by atoms with Gasteiger partial charge in [-0.05, 0) is 20.8 Å². The van der Waals surface area contributed by atoms with Crippen molar-refractivity contribution in [1.82, 2.24) is 0 Å². The predicted molar refractivity (Wildman–Crippen MR) is 73.4 cm³/mol. The molecule has 0 saturated heterocycles. The van der Waals surface area contributed by atoms with E-state index >= 15 is 0 Å². The van der Waals surface area contributed by atoms with Crippen molar-refractivity contribution >= 4 is 22.1 Å². The van der Waals surface area contributed by atoms with Gasteiger partial charge in [-0.25, -0.2) is 9.59 Å². The second kappa shape index (κ2) is 7.44. The first-order chi connectivity index (χ1) is 11.3. The zero-order chi connectivity index (χ0) is 21.2. The van der Waals surface area contributed by atoms with Crippen LogP contribution < -0.4 is 0 Å². The second-order valence-electron chi connectivity index (χ2n) is 5.64. The van der Waals surface area contributed by atoms with Crippen molar-refractivity contribution in [3.8, 4) is 0 Å². The van der Waals surface area contributed by atoms with Crippen LogP contribution >= 0.6 is 0 Å².